The number of phosphoric ester groups is 1. The fraction of sp³-hybridized carbons (Fsp3) is 0.750. The first-order chi connectivity index (χ1) is 23.8. The van der Waals surface area contributed by atoms with Crippen LogP contribution in [0.4, 0.5) is 0 Å². The van der Waals surface area contributed by atoms with Crippen molar-refractivity contribution in [2.75, 3.05) is 13.2 Å². The normalized spacial score (nSPS) is 12.4. The molecule has 290 valence electrons. The maximum absolute atomic E-state index is 12.2. The van der Waals surface area contributed by atoms with E-state index in [4.69, 9.17) is 40.3 Å². The number of hydrogen-bond acceptors (Lipinski definition) is 10. The van der Waals surface area contributed by atoms with E-state index in [0.29, 0.717) is 12.0 Å². The van der Waals surface area contributed by atoms with E-state index < -0.39 is 44.5 Å². The van der Waals surface area contributed by atoms with E-state index in [-0.39, 0.29) is 37.4 Å². The molecule has 0 aliphatic rings. The molecular formula is C36H64NO12P. The number of carbonyl (C=O) groups is 3. The lowest BCUT2D eigenvalue weighted by Gasteiger charge is -2.18. The van der Waals surface area contributed by atoms with Gasteiger partial charge in [0.1, 0.15) is 12.6 Å². The van der Waals surface area contributed by atoms with Crippen LogP contribution in [0, 0.1) is 0 Å². The summed E-state index contributed by atoms with van der Waals surface area (Å²) in [7, 11) is -4.72. The van der Waals surface area contributed by atoms with E-state index >= 15 is 0 Å². The Bertz CT molecular complexity index is 1100. The number of phenolic OH excluding ortho intramolecular Hbond substituents is 2. The van der Waals surface area contributed by atoms with Crippen LogP contribution in [0.3, 0.4) is 0 Å². The fourth-order valence-corrected chi connectivity index (χ4v) is 5.36. The van der Waals surface area contributed by atoms with Gasteiger partial charge < -0.3 is 40.3 Å². The lowest BCUT2D eigenvalue weighted by molar-refractivity contribution is -0.161. The van der Waals surface area contributed by atoms with Crippen LogP contribution >= 0.6 is 7.82 Å². The quantitative estimate of drug-likeness (QED) is 0.0204. The summed E-state index contributed by atoms with van der Waals surface area (Å²) in [5, 5.41) is 26.6. The summed E-state index contributed by atoms with van der Waals surface area (Å²) in [6.45, 7) is 3.60. The van der Waals surface area contributed by atoms with Crippen molar-refractivity contribution in [2.45, 2.75) is 161 Å². The standard InChI is InChI=1S/C27H53O8P.C9H11NO4/c1-3-5-7-9-11-13-15-17-19-21-26(28)33-23-25(24-34-36(30,31)32)35-27(29)22-20-18-16-14-12-10-8-6-4-2;10-6(9(13)14)3-5-1-2-7(11)8(12)4-5/h25H,3-24H2,1-2H3,(H2,30,31,32);1-2,4,6,11-12H,3,10H2,(H,13,14)/t25-;6-/m10/s1. The summed E-state index contributed by atoms with van der Waals surface area (Å²) in [5.74, 6) is -2.50. The van der Waals surface area contributed by atoms with Gasteiger partial charge in [0.25, 0.3) is 0 Å². The number of hydrogen-bond donors (Lipinski definition) is 6. The number of benzene rings is 1. The van der Waals surface area contributed by atoms with Crippen LogP contribution in [0.5, 0.6) is 11.5 Å². The third-order valence-corrected chi connectivity index (χ3v) is 8.42. The number of aliphatic carboxylic acids is 1. The van der Waals surface area contributed by atoms with E-state index in [9.17, 15) is 18.9 Å². The Morgan fingerprint density at radius 1 is 0.700 bits per heavy atom. The highest BCUT2D eigenvalue weighted by Crippen LogP contribution is 2.36. The van der Waals surface area contributed by atoms with Gasteiger partial charge in [0.15, 0.2) is 17.6 Å². The number of aromatic hydroxyl groups is 2. The van der Waals surface area contributed by atoms with Gasteiger partial charge in [-0.25, -0.2) is 4.57 Å². The maximum atomic E-state index is 12.2. The van der Waals surface area contributed by atoms with Gasteiger partial charge in [0.2, 0.25) is 0 Å². The molecule has 0 saturated carbocycles. The fourth-order valence-electron chi connectivity index (χ4n) is 5.00. The average Bonchev–Trinajstić information content (AvgIpc) is 3.06. The smallest absolute Gasteiger partial charge is 0.469 e. The molecule has 2 atom stereocenters. The number of carboxylic acid groups (broad SMARTS) is 1. The Balaban J connectivity index is 0.00000142. The third-order valence-electron chi connectivity index (χ3n) is 7.94. The second-order valence-corrected chi connectivity index (χ2v) is 13.9. The highest BCUT2D eigenvalue weighted by molar-refractivity contribution is 7.46. The number of rotatable bonds is 29. The van der Waals surface area contributed by atoms with Crippen LogP contribution < -0.4 is 5.73 Å². The zero-order valence-electron chi connectivity index (χ0n) is 30.3. The largest absolute Gasteiger partial charge is 0.504 e. The molecule has 0 aliphatic carbocycles. The van der Waals surface area contributed by atoms with Crippen LogP contribution in [0.2, 0.25) is 0 Å². The average molecular weight is 734 g/mol. The van der Waals surface area contributed by atoms with Gasteiger partial charge in [0.05, 0.1) is 6.61 Å². The molecule has 0 saturated heterocycles. The SMILES string of the molecule is CCCCCCCCCCCC(=O)OC[C@H](COP(=O)(O)O)OC(=O)CCCCCCCCCCC.N[C@@H](Cc1ccc(O)c(O)c1)C(=O)O. The lowest BCUT2D eigenvalue weighted by Crippen LogP contribution is -2.32. The molecule has 0 bridgehead atoms. The molecule has 13 nitrogen and oxygen atoms in total. The molecule has 1 aromatic rings. The highest BCUT2D eigenvalue weighted by atomic mass is 31.2. The Kier molecular flexibility index (Phi) is 28.4. The lowest BCUT2D eigenvalue weighted by atomic mass is 10.1. The number of phenols is 2. The Morgan fingerprint density at radius 2 is 1.16 bits per heavy atom. The highest BCUT2D eigenvalue weighted by Gasteiger charge is 2.23. The first-order valence-electron chi connectivity index (χ1n) is 18.3. The number of phosphoric acid groups is 1. The van der Waals surface area contributed by atoms with Crippen molar-refractivity contribution < 1.29 is 58.1 Å². The zero-order chi connectivity index (χ0) is 37.6. The molecule has 7 N–H and O–H groups in total. The zero-order valence-corrected chi connectivity index (χ0v) is 31.2. The van der Waals surface area contributed by atoms with E-state index in [1.54, 1.807) is 0 Å². The van der Waals surface area contributed by atoms with Crippen molar-refractivity contribution in [3.8, 4) is 11.5 Å². The van der Waals surface area contributed by atoms with Gasteiger partial charge >= 0.3 is 25.7 Å². The summed E-state index contributed by atoms with van der Waals surface area (Å²) in [4.78, 5) is 52.5. The predicted octanol–water partition coefficient (Wildman–Crippen LogP) is 7.44. The molecule has 0 unspecified atom stereocenters. The monoisotopic (exact) mass is 733 g/mol. The van der Waals surface area contributed by atoms with Crippen LogP contribution in [-0.2, 0) is 39.4 Å². The van der Waals surface area contributed by atoms with E-state index in [2.05, 4.69) is 18.4 Å². The Labute approximate surface area is 298 Å². The number of nitrogens with two attached hydrogens (primary N) is 1. The van der Waals surface area contributed by atoms with Crippen molar-refractivity contribution >= 4 is 25.7 Å². The molecule has 14 heteroatoms. The van der Waals surface area contributed by atoms with E-state index in [1.165, 1.54) is 88.8 Å². The number of unbranched alkanes of at least 4 members (excludes halogenated alkanes) is 16. The molecule has 1 aromatic carbocycles. The van der Waals surface area contributed by atoms with Gasteiger partial charge in [0, 0.05) is 12.8 Å². The minimum Gasteiger partial charge on any atom is -0.504 e. The van der Waals surface area contributed by atoms with Gasteiger partial charge in [-0.05, 0) is 37.0 Å². The second kappa shape index (κ2) is 30.0. The van der Waals surface area contributed by atoms with Crippen molar-refractivity contribution in [3.63, 3.8) is 0 Å². The number of carbonyl (C=O) groups excluding carboxylic acids is 2. The van der Waals surface area contributed by atoms with Crippen molar-refractivity contribution in [1.29, 1.82) is 0 Å². The minimum atomic E-state index is -4.72. The van der Waals surface area contributed by atoms with Gasteiger partial charge in [-0.3, -0.25) is 18.9 Å². The molecular weight excluding hydrogens is 669 g/mol. The second-order valence-electron chi connectivity index (χ2n) is 12.7. The molecule has 1 rings (SSSR count). The summed E-state index contributed by atoms with van der Waals surface area (Å²) in [5.41, 5.74) is 5.86. The first-order valence-corrected chi connectivity index (χ1v) is 19.9. The molecule has 0 heterocycles. The van der Waals surface area contributed by atoms with Crippen molar-refractivity contribution in [3.05, 3.63) is 23.8 Å². The van der Waals surface area contributed by atoms with Gasteiger partial charge in [-0.1, -0.05) is 123 Å². The Hall–Kier alpha value is -2.70. The summed E-state index contributed by atoms with van der Waals surface area (Å²) in [6, 6.07) is 3.09. The van der Waals surface area contributed by atoms with Crippen molar-refractivity contribution in [1.82, 2.24) is 0 Å². The molecule has 0 radical (unpaired) electrons. The van der Waals surface area contributed by atoms with Crippen LogP contribution in [0.15, 0.2) is 18.2 Å². The van der Waals surface area contributed by atoms with Gasteiger partial charge in [-0.15, -0.1) is 0 Å². The topological polar surface area (TPSA) is 223 Å². The molecule has 0 amide bonds. The maximum Gasteiger partial charge on any atom is 0.469 e. The molecule has 0 fully saturated rings. The van der Waals surface area contributed by atoms with Crippen LogP contribution in [0.25, 0.3) is 0 Å². The summed E-state index contributed by atoms with van der Waals surface area (Å²) < 4.78 is 26.0. The third kappa shape index (κ3) is 29.1. The van der Waals surface area contributed by atoms with Crippen LogP contribution in [0.1, 0.15) is 148 Å². The Morgan fingerprint density at radius 3 is 1.60 bits per heavy atom. The first kappa shape index (κ1) is 47.3. The van der Waals surface area contributed by atoms with E-state index in [0.717, 1.165) is 38.5 Å². The predicted molar refractivity (Wildman–Crippen MR) is 192 cm³/mol. The van der Waals surface area contributed by atoms with Crippen molar-refractivity contribution in [2.24, 2.45) is 5.73 Å². The summed E-state index contributed by atoms with van der Waals surface area (Å²) in [6.07, 6.45) is 20.0. The summed E-state index contributed by atoms with van der Waals surface area (Å²) >= 11 is 0. The van der Waals surface area contributed by atoms with E-state index in [1.807, 2.05) is 0 Å². The number of carboxylic acids is 1. The molecule has 50 heavy (non-hydrogen) atoms. The number of ether oxygens (including phenoxy) is 2. The van der Waals surface area contributed by atoms with Crippen LogP contribution in [-0.4, -0.2) is 68.4 Å². The molecule has 0 spiro atoms. The minimum absolute atomic E-state index is 0.114. The number of esters is 2. The van der Waals surface area contributed by atoms with Gasteiger partial charge in [-0.2, -0.15) is 0 Å². The molecule has 0 aliphatic heterocycles. The molecule has 0 aromatic heterocycles.